The first-order chi connectivity index (χ1) is 7.11. The zero-order chi connectivity index (χ0) is 11.3. The van der Waals surface area contributed by atoms with Crippen LogP contribution in [0.4, 0.5) is 0 Å². The van der Waals surface area contributed by atoms with Crippen molar-refractivity contribution in [2.45, 2.75) is 45.2 Å². The molecule has 3 nitrogen and oxygen atoms in total. The van der Waals surface area contributed by atoms with E-state index < -0.39 is 9.04 Å². The van der Waals surface area contributed by atoms with Gasteiger partial charge in [-0.15, -0.1) is 0 Å². The van der Waals surface area contributed by atoms with Gasteiger partial charge in [0.2, 0.25) is 9.04 Å². The van der Waals surface area contributed by atoms with Crippen LogP contribution in [0, 0.1) is 0 Å². The summed E-state index contributed by atoms with van der Waals surface area (Å²) in [6.07, 6.45) is 3.00. The molecule has 0 aromatic carbocycles. The summed E-state index contributed by atoms with van der Waals surface area (Å²) >= 11 is 0. The van der Waals surface area contributed by atoms with Gasteiger partial charge in [0.05, 0.1) is 13.2 Å². The second-order valence-electron chi connectivity index (χ2n) is 4.79. The predicted molar refractivity (Wildman–Crippen MR) is 65.1 cm³/mol. The minimum atomic E-state index is -1.14. The van der Waals surface area contributed by atoms with Crippen molar-refractivity contribution in [3.05, 3.63) is 11.8 Å². The number of rotatable bonds is 5. The van der Waals surface area contributed by atoms with E-state index in [-0.39, 0.29) is 0 Å². The summed E-state index contributed by atoms with van der Waals surface area (Å²) in [5.74, 6) is 0. The normalized spacial score (nSPS) is 19.8. The SMILES string of the molecule is CC(C)[SiH](ONC=C1CCOC1)C(C)C. The summed E-state index contributed by atoms with van der Waals surface area (Å²) in [6.45, 7) is 10.6. The van der Waals surface area contributed by atoms with E-state index in [1.807, 2.05) is 6.20 Å². The molecule has 1 saturated heterocycles. The molecule has 0 aromatic rings. The monoisotopic (exact) mass is 229 g/mol. The van der Waals surface area contributed by atoms with Crippen molar-refractivity contribution in [2.24, 2.45) is 0 Å². The van der Waals surface area contributed by atoms with E-state index in [0.29, 0.717) is 11.1 Å². The summed E-state index contributed by atoms with van der Waals surface area (Å²) in [7, 11) is -1.14. The molecule has 0 saturated carbocycles. The van der Waals surface area contributed by atoms with Crippen LogP contribution in [0.25, 0.3) is 0 Å². The second kappa shape index (κ2) is 6.30. The van der Waals surface area contributed by atoms with E-state index in [1.165, 1.54) is 5.57 Å². The number of hydroxylamine groups is 1. The van der Waals surface area contributed by atoms with Crippen LogP contribution in [0.5, 0.6) is 0 Å². The van der Waals surface area contributed by atoms with Crippen LogP contribution in [0.3, 0.4) is 0 Å². The molecule has 0 bridgehead atoms. The van der Waals surface area contributed by atoms with Gasteiger partial charge in [0.1, 0.15) is 0 Å². The molecule has 0 radical (unpaired) electrons. The third-order valence-electron chi connectivity index (χ3n) is 2.64. The van der Waals surface area contributed by atoms with Gasteiger partial charge in [-0.25, -0.2) is 0 Å². The Labute approximate surface area is 94.5 Å². The molecule has 1 aliphatic rings. The molecule has 0 spiro atoms. The molecule has 4 heteroatoms. The fourth-order valence-electron chi connectivity index (χ4n) is 1.83. The van der Waals surface area contributed by atoms with Crippen molar-refractivity contribution in [2.75, 3.05) is 13.2 Å². The zero-order valence-electron chi connectivity index (χ0n) is 10.2. The maximum Gasteiger partial charge on any atom is 0.219 e. The second-order valence-corrected chi connectivity index (χ2v) is 8.63. The lowest BCUT2D eigenvalue weighted by Crippen LogP contribution is -2.30. The van der Waals surface area contributed by atoms with Crippen molar-refractivity contribution in [3.8, 4) is 0 Å². The number of hydrogen-bond donors (Lipinski definition) is 1. The summed E-state index contributed by atoms with van der Waals surface area (Å²) in [4.78, 5) is 0. The molecule has 1 rings (SSSR count). The highest BCUT2D eigenvalue weighted by Crippen LogP contribution is 2.20. The first kappa shape index (κ1) is 12.7. The first-order valence-electron chi connectivity index (χ1n) is 5.78. The van der Waals surface area contributed by atoms with E-state index in [1.54, 1.807) is 0 Å². The molecule has 0 amide bonds. The van der Waals surface area contributed by atoms with Crippen LogP contribution < -0.4 is 5.48 Å². The van der Waals surface area contributed by atoms with Crippen LogP contribution >= 0.6 is 0 Å². The lowest BCUT2D eigenvalue weighted by atomic mass is 10.3. The fraction of sp³-hybridized carbons (Fsp3) is 0.818. The van der Waals surface area contributed by atoms with Crippen molar-refractivity contribution < 1.29 is 9.26 Å². The molecule has 0 atom stereocenters. The third-order valence-corrected chi connectivity index (χ3v) is 5.67. The van der Waals surface area contributed by atoms with Crippen LogP contribution in [-0.2, 0) is 9.26 Å². The lowest BCUT2D eigenvalue weighted by molar-refractivity contribution is 0.203. The average Bonchev–Trinajstić information content (AvgIpc) is 2.63. The Morgan fingerprint density at radius 2 is 2.00 bits per heavy atom. The first-order valence-corrected chi connectivity index (χ1v) is 7.58. The van der Waals surface area contributed by atoms with E-state index >= 15 is 0 Å². The van der Waals surface area contributed by atoms with Crippen molar-refractivity contribution >= 4 is 9.04 Å². The van der Waals surface area contributed by atoms with Crippen LogP contribution in [0.2, 0.25) is 11.1 Å². The Morgan fingerprint density at radius 1 is 1.33 bits per heavy atom. The van der Waals surface area contributed by atoms with Crippen molar-refractivity contribution in [1.29, 1.82) is 0 Å². The van der Waals surface area contributed by atoms with Crippen LogP contribution in [0.1, 0.15) is 34.1 Å². The number of hydrogen-bond acceptors (Lipinski definition) is 3. The molecule has 0 aromatic heterocycles. The summed E-state index contributed by atoms with van der Waals surface area (Å²) in [6, 6.07) is 0. The minimum absolute atomic E-state index is 0.663. The fourth-order valence-corrected chi connectivity index (χ4v) is 4.14. The van der Waals surface area contributed by atoms with E-state index in [4.69, 9.17) is 9.26 Å². The zero-order valence-corrected chi connectivity index (χ0v) is 11.4. The molecule has 0 unspecified atom stereocenters. The molecular formula is C11H23NO2Si. The Hall–Kier alpha value is -0.323. The highest BCUT2D eigenvalue weighted by atomic mass is 28.3. The van der Waals surface area contributed by atoms with E-state index in [9.17, 15) is 0 Å². The molecule has 1 N–H and O–H groups in total. The molecule has 88 valence electrons. The minimum Gasteiger partial charge on any atom is -0.377 e. The molecule has 1 fully saturated rings. The van der Waals surface area contributed by atoms with Crippen molar-refractivity contribution in [1.82, 2.24) is 5.48 Å². The Kier molecular flexibility index (Phi) is 5.35. The van der Waals surface area contributed by atoms with Gasteiger partial charge in [-0.2, -0.15) is 0 Å². The molecule has 15 heavy (non-hydrogen) atoms. The molecule has 0 aliphatic carbocycles. The Morgan fingerprint density at radius 3 is 2.47 bits per heavy atom. The van der Waals surface area contributed by atoms with Gasteiger partial charge in [-0.3, -0.25) is 5.48 Å². The largest absolute Gasteiger partial charge is 0.377 e. The van der Waals surface area contributed by atoms with Gasteiger partial charge >= 0.3 is 0 Å². The highest BCUT2D eigenvalue weighted by Gasteiger charge is 2.21. The summed E-state index contributed by atoms with van der Waals surface area (Å²) in [5, 5.41) is 0. The van der Waals surface area contributed by atoms with Crippen molar-refractivity contribution in [3.63, 3.8) is 0 Å². The summed E-state index contributed by atoms with van der Waals surface area (Å²) < 4.78 is 11.0. The van der Waals surface area contributed by atoms with Crippen LogP contribution in [0.15, 0.2) is 11.8 Å². The molecular weight excluding hydrogens is 206 g/mol. The van der Waals surface area contributed by atoms with Gasteiger partial charge in [-0.05, 0) is 23.1 Å². The highest BCUT2D eigenvalue weighted by molar-refractivity contribution is 6.54. The predicted octanol–water partition coefficient (Wildman–Crippen LogP) is 2.36. The maximum absolute atomic E-state index is 5.78. The van der Waals surface area contributed by atoms with Gasteiger partial charge < -0.3 is 9.26 Å². The van der Waals surface area contributed by atoms with E-state index in [2.05, 4.69) is 33.2 Å². The molecule has 1 aliphatic heterocycles. The quantitative estimate of drug-likeness (QED) is 0.580. The standard InChI is InChI=1S/C11H23NO2Si/c1-9(2)15(10(3)4)14-12-7-11-5-6-13-8-11/h7,9-10,12,15H,5-6,8H2,1-4H3. The van der Waals surface area contributed by atoms with Gasteiger partial charge in [0.15, 0.2) is 0 Å². The Balaban J connectivity index is 2.30. The number of nitrogens with one attached hydrogen (secondary N) is 1. The maximum atomic E-state index is 5.78. The third kappa shape index (κ3) is 4.36. The van der Waals surface area contributed by atoms with Gasteiger partial charge in [0.25, 0.3) is 0 Å². The van der Waals surface area contributed by atoms with Crippen LogP contribution in [-0.4, -0.2) is 22.3 Å². The number of ether oxygens (including phenoxy) is 1. The Bertz CT molecular complexity index is 201. The van der Waals surface area contributed by atoms with E-state index in [0.717, 1.165) is 19.6 Å². The topological polar surface area (TPSA) is 30.5 Å². The molecule has 1 heterocycles. The smallest absolute Gasteiger partial charge is 0.219 e. The van der Waals surface area contributed by atoms with Gasteiger partial charge in [0, 0.05) is 6.20 Å². The van der Waals surface area contributed by atoms with Gasteiger partial charge in [-0.1, -0.05) is 27.7 Å². The lowest BCUT2D eigenvalue weighted by Gasteiger charge is -2.22. The average molecular weight is 229 g/mol. The summed E-state index contributed by atoms with van der Waals surface area (Å²) in [5.41, 5.74) is 5.64.